The first-order valence-electron chi connectivity index (χ1n) is 6.21. The number of ether oxygens (including phenoxy) is 1. The molecule has 0 saturated heterocycles. The van der Waals surface area contributed by atoms with Crippen molar-refractivity contribution in [3.8, 4) is 0 Å². The van der Waals surface area contributed by atoms with Crippen molar-refractivity contribution in [2.24, 2.45) is 5.92 Å². The summed E-state index contributed by atoms with van der Waals surface area (Å²) >= 11 is 7.39. The largest absolute Gasteiger partial charge is 0.461 e. The first-order valence-corrected chi connectivity index (χ1v) is 7.40. The molecule has 1 aliphatic carbocycles. The molecule has 0 radical (unpaired) electrons. The van der Waals surface area contributed by atoms with Crippen molar-refractivity contribution in [1.29, 1.82) is 0 Å². The van der Waals surface area contributed by atoms with Gasteiger partial charge in [-0.25, -0.2) is 13.6 Å². The molecule has 2 aromatic rings. The maximum absolute atomic E-state index is 12.7. The van der Waals surface area contributed by atoms with Crippen molar-refractivity contribution in [2.45, 2.75) is 18.8 Å². The van der Waals surface area contributed by atoms with Gasteiger partial charge in [0.2, 0.25) is 0 Å². The average molecular weight is 317 g/mol. The van der Waals surface area contributed by atoms with Gasteiger partial charge in [0.25, 0.3) is 5.92 Å². The zero-order chi connectivity index (χ0) is 14.3. The summed E-state index contributed by atoms with van der Waals surface area (Å²) in [5.74, 6) is -3.75. The van der Waals surface area contributed by atoms with Gasteiger partial charge in [-0.05, 0) is 12.5 Å². The monoisotopic (exact) mass is 316 g/mol. The third kappa shape index (κ3) is 2.52. The van der Waals surface area contributed by atoms with Gasteiger partial charge in [0.05, 0.1) is 11.6 Å². The molecule has 20 heavy (non-hydrogen) atoms. The topological polar surface area (TPSA) is 26.3 Å². The van der Waals surface area contributed by atoms with E-state index in [9.17, 15) is 13.6 Å². The summed E-state index contributed by atoms with van der Waals surface area (Å²) in [4.78, 5) is 12.2. The number of halogens is 3. The van der Waals surface area contributed by atoms with Crippen LogP contribution in [0.4, 0.5) is 8.78 Å². The number of thiophene rings is 1. The van der Waals surface area contributed by atoms with Crippen LogP contribution in [-0.2, 0) is 4.74 Å². The van der Waals surface area contributed by atoms with E-state index in [1.165, 1.54) is 11.3 Å². The number of benzene rings is 1. The van der Waals surface area contributed by atoms with E-state index in [-0.39, 0.29) is 19.4 Å². The Morgan fingerprint density at radius 3 is 2.80 bits per heavy atom. The van der Waals surface area contributed by atoms with E-state index < -0.39 is 17.8 Å². The summed E-state index contributed by atoms with van der Waals surface area (Å²) in [6, 6.07) is 7.40. The van der Waals surface area contributed by atoms with E-state index in [0.717, 1.165) is 10.1 Å². The molecule has 3 rings (SSSR count). The number of hydrogen-bond acceptors (Lipinski definition) is 3. The van der Waals surface area contributed by atoms with Crippen LogP contribution in [-0.4, -0.2) is 18.5 Å². The molecule has 1 saturated carbocycles. The fraction of sp³-hybridized carbons (Fsp3) is 0.357. The van der Waals surface area contributed by atoms with E-state index >= 15 is 0 Å². The van der Waals surface area contributed by atoms with Crippen molar-refractivity contribution in [3.05, 3.63) is 34.2 Å². The van der Waals surface area contributed by atoms with Gasteiger partial charge in [0.15, 0.2) is 0 Å². The normalized spacial score (nSPS) is 20.1. The Bertz CT molecular complexity index is 668. The molecule has 1 fully saturated rings. The Labute approximate surface area is 123 Å². The summed E-state index contributed by atoms with van der Waals surface area (Å²) in [7, 11) is 0. The number of carbonyl (C=O) groups is 1. The molecule has 1 heterocycles. The lowest BCUT2D eigenvalue weighted by Gasteiger charge is -2.03. The number of rotatable bonds is 4. The minimum absolute atomic E-state index is 0.00364. The molecular weight excluding hydrogens is 306 g/mol. The van der Waals surface area contributed by atoms with Crippen molar-refractivity contribution in [3.63, 3.8) is 0 Å². The molecule has 0 aliphatic heterocycles. The molecule has 106 valence electrons. The van der Waals surface area contributed by atoms with E-state index in [1.807, 2.05) is 24.3 Å². The second kappa shape index (κ2) is 4.97. The minimum Gasteiger partial charge on any atom is -0.461 e. The van der Waals surface area contributed by atoms with Crippen LogP contribution in [0.3, 0.4) is 0 Å². The van der Waals surface area contributed by atoms with Gasteiger partial charge in [-0.2, -0.15) is 0 Å². The summed E-state index contributed by atoms with van der Waals surface area (Å²) in [5.41, 5.74) is 0. The Morgan fingerprint density at radius 1 is 1.45 bits per heavy atom. The van der Waals surface area contributed by atoms with Crippen LogP contribution in [0.5, 0.6) is 0 Å². The fourth-order valence-corrected chi connectivity index (χ4v) is 3.49. The average Bonchev–Trinajstić information content (AvgIpc) is 2.88. The minimum atomic E-state index is -2.57. The third-order valence-electron chi connectivity index (χ3n) is 3.38. The Balaban J connectivity index is 1.65. The van der Waals surface area contributed by atoms with E-state index in [0.29, 0.717) is 9.90 Å². The smallest absolute Gasteiger partial charge is 0.349 e. The standard InChI is InChI=1S/C14H11ClF2O2S/c15-11-9-3-1-2-4-10(9)20-12(11)13(18)19-6-5-8-7-14(8,16)17/h1-4,8H,5-7H2. The number of alkyl halides is 2. The van der Waals surface area contributed by atoms with Crippen molar-refractivity contribution >= 4 is 39.0 Å². The highest BCUT2D eigenvalue weighted by molar-refractivity contribution is 7.21. The molecule has 1 aromatic carbocycles. The Morgan fingerprint density at radius 2 is 2.15 bits per heavy atom. The molecule has 0 N–H and O–H groups in total. The molecule has 0 spiro atoms. The SMILES string of the molecule is O=C(OCCC1CC1(F)F)c1sc2ccccc2c1Cl. The van der Waals surface area contributed by atoms with Gasteiger partial charge in [0.1, 0.15) is 4.88 Å². The van der Waals surface area contributed by atoms with Crippen LogP contribution in [0, 0.1) is 5.92 Å². The molecule has 0 amide bonds. The lowest BCUT2D eigenvalue weighted by atomic mass is 10.2. The first-order chi connectivity index (χ1) is 9.49. The molecule has 1 aliphatic rings. The van der Waals surface area contributed by atoms with Crippen LogP contribution >= 0.6 is 22.9 Å². The zero-order valence-electron chi connectivity index (χ0n) is 10.4. The quantitative estimate of drug-likeness (QED) is 0.760. The van der Waals surface area contributed by atoms with Gasteiger partial charge in [-0.3, -0.25) is 0 Å². The number of carbonyl (C=O) groups excluding carboxylic acids is 1. The molecule has 6 heteroatoms. The second-order valence-electron chi connectivity index (χ2n) is 4.83. The van der Waals surface area contributed by atoms with Crippen molar-refractivity contribution in [2.75, 3.05) is 6.61 Å². The fourth-order valence-electron chi connectivity index (χ4n) is 2.09. The summed E-state index contributed by atoms with van der Waals surface area (Å²) in [6.45, 7) is 0.00364. The van der Waals surface area contributed by atoms with Gasteiger partial charge >= 0.3 is 5.97 Å². The highest BCUT2D eigenvalue weighted by atomic mass is 35.5. The zero-order valence-corrected chi connectivity index (χ0v) is 11.9. The molecule has 1 atom stereocenters. The molecule has 1 unspecified atom stereocenters. The highest BCUT2D eigenvalue weighted by Gasteiger charge is 2.56. The molecular formula is C14H11ClF2O2S. The van der Waals surface area contributed by atoms with Crippen molar-refractivity contribution < 1.29 is 18.3 Å². The lowest BCUT2D eigenvalue weighted by molar-refractivity contribution is 0.0458. The van der Waals surface area contributed by atoms with Gasteiger partial charge < -0.3 is 4.74 Å². The summed E-state index contributed by atoms with van der Waals surface area (Å²) in [6.07, 6.45) is 0.0927. The summed E-state index contributed by atoms with van der Waals surface area (Å²) in [5, 5.41) is 1.17. The maximum atomic E-state index is 12.7. The summed E-state index contributed by atoms with van der Waals surface area (Å²) < 4.78 is 31.3. The first kappa shape index (κ1) is 13.8. The van der Waals surface area contributed by atoms with E-state index in [1.54, 1.807) is 0 Å². The molecule has 2 nitrogen and oxygen atoms in total. The van der Waals surface area contributed by atoms with Crippen LogP contribution in [0.15, 0.2) is 24.3 Å². The van der Waals surface area contributed by atoms with Crippen LogP contribution < -0.4 is 0 Å². The van der Waals surface area contributed by atoms with Gasteiger partial charge in [0, 0.05) is 22.4 Å². The van der Waals surface area contributed by atoms with E-state index in [2.05, 4.69) is 0 Å². The van der Waals surface area contributed by atoms with Crippen LogP contribution in [0.25, 0.3) is 10.1 Å². The number of hydrogen-bond donors (Lipinski definition) is 0. The third-order valence-corrected chi connectivity index (χ3v) is 5.03. The van der Waals surface area contributed by atoms with Crippen LogP contribution in [0.1, 0.15) is 22.5 Å². The van der Waals surface area contributed by atoms with Crippen LogP contribution in [0.2, 0.25) is 5.02 Å². The predicted octanol–water partition coefficient (Wildman–Crippen LogP) is 4.76. The predicted molar refractivity (Wildman–Crippen MR) is 74.8 cm³/mol. The van der Waals surface area contributed by atoms with E-state index in [4.69, 9.17) is 16.3 Å². The van der Waals surface area contributed by atoms with Gasteiger partial charge in [-0.1, -0.05) is 29.8 Å². The Kier molecular flexibility index (Phi) is 3.42. The second-order valence-corrected chi connectivity index (χ2v) is 6.26. The molecule has 0 bridgehead atoms. The highest BCUT2D eigenvalue weighted by Crippen LogP contribution is 2.50. The number of fused-ring (bicyclic) bond motifs is 1. The Hall–Kier alpha value is -1.20. The van der Waals surface area contributed by atoms with Gasteiger partial charge in [-0.15, -0.1) is 11.3 Å². The molecule has 1 aromatic heterocycles. The maximum Gasteiger partial charge on any atom is 0.349 e. The van der Waals surface area contributed by atoms with Crippen molar-refractivity contribution in [1.82, 2.24) is 0 Å². The number of esters is 1. The lowest BCUT2D eigenvalue weighted by Crippen LogP contribution is -2.07.